The van der Waals surface area contributed by atoms with E-state index in [1.165, 1.54) is 38.4 Å². The Bertz CT molecular complexity index is 848. The molecule has 2 fully saturated rings. The zero-order valence-electron chi connectivity index (χ0n) is 16.8. The topological polar surface area (TPSA) is 59.4 Å². The Labute approximate surface area is 177 Å². The lowest BCUT2D eigenvalue weighted by Crippen LogP contribution is -2.30. The average Bonchev–Trinajstić information content (AvgIpc) is 3.48. The van der Waals surface area contributed by atoms with Gasteiger partial charge in [-0.05, 0) is 55.2 Å². The van der Waals surface area contributed by atoms with Crippen LogP contribution < -0.4 is 5.32 Å². The highest BCUT2D eigenvalue weighted by molar-refractivity contribution is 7.80. The van der Waals surface area contributed by atoms with Crippen molar-refractivity contribution < 1.29 is 9.53 Å². The first-order valence-electron chi connectivity index (χ1n) is 10.4. The molecule has 0 bridgehead atoms. The molecule has 1 saturated carbocycles. The van der Waals surface area contributed by atoms with E-state index in [4.69, 9.17) is 17.0 Å². The second kappa shape index (κ2) is 8.95. The van der Waals surface area contributed by atoms with E-state index in [-0.39, 0.29) is 18.1 Å². The van der Waals surface area contributed by atoms with Gasteiger partial charge < -0.3 is 19.5 Å². The largest absolute Gasteiger partial charge is 0.469 e. The van der Waals surface area contributed by atoms with Crippen LogP contribution in [-0.2, 0) is 9.53 Å². The Morgan fingerprint density at radius 3 is 2.86 bits per heavy atom. The zero-order chi connectivity index (χ0) is 20.2. The molecule has 0 spiro atoms. The summed E-state index contributed by atoms with van der Waals surface area (Å²) in [6.07, 6.45) is 12.5. The van der Waals surface area contributed by atoms with Crippen LogP contribution in [0.4, 0.5) is 0 Å². The Balaban J connectivity index is 1.59. The third-order valence-corrected chi connectivity index (χ3v) is 6.38. The van der Waals surface area contributed by atoms with Gasteiger partial charge >= 0.3 is 5.97 Å². The lowest BCUT2D eigenvalue weighted by molar-refractivity contribution is -0.140. The van der Waals surface area contributed by atoms with E-state index in [1.807, 2.05) is 24.4 Å². The molecule has 154 valence electrons. The molecule has 0 radical (unpaired) electrons. The molecule has 29 heavy (non-hydrogen) atoms. The number of rotatable bonds is 7. The fourth-order valence-corrected chi connectivity index (χ4v) is 4.87. The summed E-state index contributed by atoms with van der Waals surface area (Å²) < 4.78 is 7.15. The van der Waals surface area contributed by atoms with Gasteiger partial charge in [-0.2, -0.15) is 0 Å². The lowest BCUT2D eigenvalue weighted by Gasteiger charge is -2.27. The minimum absolute atomic E-state index is 0.0127. The van der Waals surface area contributed by atoms with Crippen molar-refractivity contribution in [3.05, 3.63) is 54.1 Å². The highest BCUT2D eigenvalue weighted by Gasteiger charge is 2.40. The summed E-state index contributed by atoms with van der Waals surface area (Å²) in [5.41, 5.74) is 2.21. The Morgan fingerprint density at radius 1 is 1.31 bits per heavy atom. The SMILES string of the molecule is COC(=O)CCCN1C(=S)N[C@@H](c2ccccn2)[C@H]1c1ccn(C2CCCC2)c1. The van der Waals surface area contributed by atoms with Crippen LogP contribution in [-0.4, -0.2) is 39.2 Å². The Morgan fingerprint density at radius 2 is 2.14 bits per heavy atom. The maximum Gasteiger partial charge on any atom is 0.305 e. The average molecular weight is 413 g/mol. The van der Waals surface area contributed by atoms with Crippen LogP contribution in [0, 0.1) is 0 Å². The Kier molecular flexibility index (Phi) is 6.13. The van der Waals surface area contributed by atoms with Crippen LogP contribution in [0.1, 0.15) is 67.9 Å². The van der Waals surface area contributed by atoms with E-state index in [0.717, 1.165) is 5.69 Å². The minimum atomic E-state index is -0.187. The van der Waals surface area contributed by atoms with Crippen molar-refractivity contribution in [3.63, 3.8) is 0 Å². The van der Waals surface area contributed by atoms with Gasteiger partial charge in [-0.1, -0.05) is 18.9 Å². The molecule has 0 aromatic carbocycles. The van der Waals surface area contributed by atoms with Crippen molar-refractivity contribution in [1.82, 2.24) is 19.8 Å². The van der Waals surface area contributed by atoms with Crippen molar-refractivity contribution in [2.45, 2.75) is 56.7 Å². The molecule has 1 saturated heterocycles. The maximum absolute atomic E-state index is 11.6. The molecule has 0 unspecified atom stereocenters. The molecular formula is C22H28N4O2S. The van der Waals surface area contributed by atoms with Gasteiger partial charge in [-0.15, -0.1) is 0 Å². The van der Waals surface area contributed by atoms with E-state index in [2.05, 4.69) is 38.2 Å². The van der Waals surface area contributed by atoms with E-state index < -0.39 is 0 Å². The number of nitrogens with one attached hydrogen (secondary N) is 1. The van der Waals surface area contributed by atoms with Crippen LogP contribution >= 0.6 is 12.2 Å². The normalized spacial score (nSPS) is 22.1. The van der Waals surface area contributed by atoms with E-state index >= 15 is 0 Å². The number of carbonyl (C=O) groups is 1. The number of hydrogen-bond acceptors (Lipinski definition) is 4. The van der Waals surface area contributed by atoms with Gasteiger partial charge in [0, 0.05) is 37.6 Å². The standard InChI is InChI=1S/C22H28N4O2S/c1-28-19(27)10-6-13-26-21(16-11-14-25(15-16)17-7-2-3-8-17)20(24-22(26)29)18-9-4-5-12-23-18/h4-5,9,11-12,14-15,17,20-21H,2-3,6-8,10,13H2,1H3,(H,24,29)/t20-,21+/m0/s1. The van der Waals surface area contributed by atoms with Crippen molar-refractivity contribution in [2.24, 2.45) is 0 Å². The summed E-state index contributed by atoms with van der Waals surface area (Å²) in [5.74, 6) is -0.187. The molecule has 2 aromatic rings. The predicted octanol–water partition coefficient (Wildman–Crippen LogP) is 3.92. The molecule has 6 nitrogen and oxygen atoms in total. The van der Waals surface area contributed by atoms with Crippen LogP contribution in [0.15, 0.2) is 42.9 Å². The van der Waals surface area contributed by atoms with Gasteiger partial charge in [0.15, 0.2) is 5.11 Å². The van der Waals surface area contributed by atoms with E-state index in [1.54, 1.807) is 0 Å². The summed E-state index contributed by atoms with van der Waals surface area (Å²) in [6, 6.07) is 8.83. The molecule has 1 aliphatic carbocycles. The summed E-state index contributed by atoms with van der Waals surface area (Å²) >= 11 is 5.68. The van der Waals surface area contributed by atoms with Gasteiger partial charge in [0.25, 0.3) is 0 Å². The second-order valence-electron chi connectivity index (χ2n) is 7.83. The van der Waals surface area contributed by atoms with Gasteiger partial charge in [-0.3, -0.25) is 9.78 Å². The monoisotopic (exact) mass is 412 g/mol. The summed E-state index contributed by atoms with van der Waals surface area (Å²) in [6.45, 7) is 0.698. The maximum atomic E-state index is 11.6. The number of carbonyl (C=O) groups excluding carboxylic acids is 1. The highest BCUT2D eigenvalue weighted by atomic mass is 32.1. The Hall–Kier alpha value is -2.41. The molecule has 2 aromatic heterocycles. The van der Waals surface area contributed by atoms with E-state index in [0.29, 0.717) is 30.5 Å². The molecule has 1 N–H and O–H groups in total. The fraction of sp³-hybridized carbons (Fsp3) is 0.500. The molecule has 2 atom stereocenters. The van der Waals surface area contributed by atoms with Crippen molar-refractivity contribution >= 4 is 23.3 Å². The van der Waals surface area contributed by atoms with Crippen LogP contribution in [0.5, 0.6) is 0 Å². The summed E-state index contributed by atoms with van der Waals surface area (Å²) in [4.78, 5) is 18.3. The van der Waals surface area contributed by atoms with Gasteiger partial charge in [0.2, 0.25) is 0 Å². The first kappa shape index (κ1) is 19.9. The van der Waals surface area contributed by atoms with Crippen LogP contribution in [0.2, 0.25) is 0 Å². The van der Waals surface area contributed by atoms with Gasteiger partial charge in [0.05, 0.1) is 24.9 Å². The number of thiocarbonyl (C=S) groups is 1. The number of ether oxygens (including phenoxy) is 1. The van der Waals surface area contributed by atoms with Gasteiger partial charge in [0.1, 0.15) is 0 Å². The third-order valence-electron chi connectivity index (χ3n) is 6.03. The van der Waals surface area contributed by atoms with Crippen molar-refractivity contribution in [1.29, 1.82) is 0 Å². The fourth-order valence-electron chi connectivity index (χ4n) is 4.54. The number of nitrogens with zero attached hydrogens (tertiary/aromatic N) is 3. The molecule has 1 aliphatic heterocycles. The molecular weight excluding hydrogens is 384 g/mol. The smallest absolute Gasteiger partial charge is 0.305 e. The quantitative estimate of drug-likeness (QED) is 0.549. The number of aromatic nitrogens is 2. The highest BCUT2D eigenvalue weighted by Crippen LogP contribution is 2.40. The minimum Gasteiger partial charge on any atom is -0.469 e. The summed E-state index contributed by atoms with van der Waals surface area (Å²) in [7, 11) is 1.43. The molecule has 2 aliphatic rings. The molecule has 7 heteroatoms. The number of hydrogen-bond donors (Lipinski definition) is 1. The first-order chi connectivity index (χ1) is 14.2. The van der Waals surface area contributed by atoms with E-state index in [9.17, 15) is 4.79 Å². The first-order valence-corrected chi connectivity index (χ1v) is 10.8. The van der Waals surface area contributed by atoms with Crippen molar-refractivity contribution in [2.75, 3.05) is 13.7 Å². The zero-order valence-corrected chi connectivity index (χ0v) is 17.6. The van der Waals surface area contributed by atoms with Crippen LogP contribution in [0.3, 0.4) is 0 Å². The van der Waals surface area contributed by atoms with Crippen molar-refractivity contribution in [3.8, 4) is 0 Å². The number of pyridine rings is 1. The second-order valence-corrected chi connectivity index (χ2v) is 8.22. The molecule has 0 amide bonds. The number of esters is 1. The molecule has 3 heterocycles. The third kappa shape index (κ3) is 4.29. The van der Waals surface area contributed by atoms with Crippen LogP contribution in [0.25, 0.3) is 0 Å². The number of methoxy groups -OCH3 is 1. The summed E-state index contributed by atoms with van der Waals surface area (Å²) in [5, 5.41) is 4.18. The lowest BCUT2D eigenvalue weighted by atomic mass is 9.99. The molecule has 4 rings (SSSR count). The predicted molar refractivity (Wildman–Crippen MR) is 115 cm³/mol. The van der Waals surface area contributed by atoms with Gasteiger partial charge in [-0.25, -0.2) is 0 Å².